The molecule has 8 heteroatoms. The van der Waals surface area contributed by atoms with Crippen molar-refractivity contribution >= 4 is 29.0 Å². The molecule has 8 nitrogen and oxygen atoms in total. The van der Waals surface area contributed by atoms with Crippen LogP contribution >= 0.6 is 0 Å². The normalized spacial score (nSPS) is 13.3. The van der Waals surface area contributed by atoms with E-state index in [1.54, 1.807) is 0 Å². The molecule has 1 aliphatic heterocycles. The fourth-order valence-corrected chi connectivity index (χ4v) is 1.96. The quantitative estimate of drug-likeness (QED) is 0.482. The molecule has 1 N–H and O–H groups in total. The van der Waals surface area contributed by atoms with E-state index in [0.29, 0.717) is 5.69 Å². The van der Waals surface area contributed by atoms with Gasteiger partial charge >= 0.3 is 0 Å². The molecular formula is C12H11N3O5. The van der Waals surface area contributed by atoms with E-state index in [1.807, 2.05) is 0 Å². The smallest absolute Gasteiger partial charge is 0.299 e. The largest absolute Gasteiger partial charge is 0.359 e. The minimum absolute atomic E-state index is 0.00102. The number of amides is 2. The first kappa shape index (κ1) is 13.7. The van der Waals surface area contributed by atoms with Crippen molar-refractivity contribution in [1.29, 1.82) is 0 Å². The molecule has 2 amide bonds. The summed E-state index contributed by atoms with van der Waals surface area (Å²) in [6.45, 7) is 0.0507. The lowest BCUT2D eigenvalue weighted by Gasteiger charge is -2.15. The first-order chi connectivity index (χ1) is 9.45. The number of nitrogens with zero attached hydrogens (tertiary/aromatic N) is 2. The van der Waals surface area contributed by atoms with Crippen LogP contribution in [0.2, 0.25) is 0 Å². The lowest BCUT2D eigenvalue weighted by molar-refractivity contribution is -0.384. The molecule has 104 valence electrons. The number of nitro groups is 1. The maximum atomic E-state index is 11.8. The molecule has 0 aromatic heterocycles. The van der Waals surface area contributed by atoms with Crippen LogP contribution in [-0.2, 0) is 9.59 Å². The highest BCUT2D eigenvalue weighted by Gasteiger charge is 2.36. The zero-order valence-electron chi connectivity index (χ0n) is 10.6. The van der Waals surface area contributed by atoms with Crippen molar-refractivity contribution in [3.63, 3.8) is 0 Å². The number of hydrogen-bond donors (Lipinski definition) is 1. The maximum Gasteiger partial charge on any atom is 0.299 e. The molecule has 0 fully saturated rings. The Balaban J connectivity index is 2.31. The van der Waals surface area contributed by atoms with Gasteiger partial charge in [-0.25, -0.2) is 0 Å². The van der Waals surface area contributed by atoms with Crippen molar-refractivity contribution in [3.8, 4) is 0 Å². The van der Waals surface area contributed by atoms with Gasteiger partial charge in [0, 0.05) is 32.1 Å². The van der Waals surface area contributed by atoms with Crippen LogP contribution < -0.4 is 10.2 Å². The minimum Gasteiger partial charge on any atom is -0.359 e. The summed E-state index contributed by atoms with van der Waals surface area (Å²) < 4.78 is 0. The van der Waals surface area contributed by atoms with Crippen LogP contribution in [0.5, 0.6) is 0 Å². The first-order valence-corrected chi connectivity index (χ1v) is 5.81. The fraction of sp³-hybridized carbons (Fsp3) is 0.250. The molecule has 0 saturated carbocycles. The van der Waals surface area contributed by atoms with Gasteiger partial charge in [0.25, 0.3) is 17.4 Å². The van der Waals surface area contributed by atoms with Crippen LogP contribution in [-0.4, -0.2) is 36.1 Å². The number of hydrogen-bond acceptors (Lipinski definition) is 5. The molecule has 0 unspecified atom stereocenters. The Morgan fingerprint density at radius 2 is 2.10 bits per heavy atom. The minimum atomic E-state index is -0.791. The lowest BCUT2D eigenvalue weighted by Crippen LogP contribution is -2.33. The van der Waals surface area contributed by atoms with Crippen molar-refractivity contribution < 1.29 is 19.3 Å². The fourth-order valence-electron chi connectivity index (χ4n) is 1.96. The summed E-state index contributed by atoms with van der Waals surface area (Å²) in [7, 11) is 1.47. The third-order valence-corrected chi connectivity index (χ3v) is 3.01. The highest BCUT2D eigenvalue weighted by Crippen LogP contribution is 2.31. The Kier molecular flexibility index (Phi) is 3.47. The van der Waals surface area contributed by atoms with Crippen LogP contribution in [0.3, 0.4) is 0 Å². The van der Waals surface area contributed by atoms with Crippen molar-refractivity contribution in [2.45, 2.75) is 6.42 Å². The monoisotopic (exact) mass is 277 g/mol. The summed E-state index contributed by atoms with van der Waals surface area (Å²) in [4.78, 5) is 46.0. The average molecular weight is 277 g/mol. The number of carbonyl (C=O) groups is 3. The van der Waals surface area contributed by atoms with Gasteiger partial charge in [-0.3, -0.25) is 24.5 Å². The molecule has 20 heavy (non-hydrogen) atoms. The first-order valence-electron chi connectivity index (χ1n) is 5.81. The van der Waals surface area contributed by atoms with Gasteiger partial charge in [0.05, 0.1) is 16.2 Å². The van der Waals surface area contributed by atoms with E-state index in [9.17, 15) is 24.5 Å². The van der Waals surface area contributed by atoms with Gasteiger partial charge < -0.3 is 10.2 Å². The summed E-state index contributed by atoms with van der Waals surface area (Å²) in [6.07, 6.45) is 0.0476. The molecule has 0 aliphatic carbocycles. The molecule has 0 radical (unpaired) electrons. The number of carbonyl (C=O) groups excluding carboxylic acids is 3. The number of fused-ring (bicyclic) bond motifs is 1. The Bertz CT molecular complexity index is 626. The number of non-ortho nitro benzene ring substituents is 1. The van der Waals surface area contributed by atoms with Gasteiger partial charge in [-0.1, -0.05) is 0 Å². The van der Waals surface area contributed by atoms with E-state index in [-0.39, 0.29) is 30.1 Å². The molecule has 2 rings (SSSR count). The van der Waals surface area contributed by atoms with Gasteiger partial charge in [-0.05, 0) is 6.07 Å². The summed E-state index contributed by atoms with van der Waals surface area (Å²) in [5, 5.41) is 13.1. The van der Waals surface area contributed by atoms with Crippen LogP contribution in [0.1, 0.15) is 16.8 Å². The molecule has 1 aromatic carbocycles. The second-order valence-electron chi connectivity index (χ2n) is 4.17. The molecular weight excluding hydrogens is 266 g/mol. The van der Waals surface area contributed by atoms with Gasteiger partial charge in [0.15, 0.2) is 0 Å². The zero-order chi connectivity index (χ0) is 14.9. The summed E-state index contributed by atoms with van der Waals surface area (Å²) >= 11 is 0. The zero-order valence-corrected chi connectivity index (χ0v) is 10.6. The van der Waals surface area contributed by atoms with Crippen LogP contribution in [0.25, 0.3) is 0 Å². The summed E-state index contributed by atoms with van der Waals surface area (Å²) in [5.41, 5.74) is 0.0497. The SMILES string of the molecule is CNC(=O)CCN1C(=O)C(=O)c2cc([N+](=O)[O-])ccc21. The molecule has 1 aromatic rings. The number of anilines is 1. The van der Waals surface area contributed by atoms with E-state index in [4.69, 9.17) is 0 Å². The molecule has 1 heterocycles. The molecule has 0 atom stereocenters. The third kappa shape index (κ3) is 2.22. The second-order valence-corrected chi connectivity index (χ2v) is 4.17. The van der Waals surface area contributed by atoms with Crippen LogP contribution in [0.4, 0.5) is 11.4 Å². The highest BCUT2D eigenvalue weighted by atomic mass is 16.6. The maximum absolute atomic E-state index is 11.8. The third-order valence-electron chi connectivity index (χ3n) is 3.01. The number of Topliss-reactive ketones (excluding diaryl/α,β-unsaturated/α-hetero) is 1. The molecule has 0 bridgehead atoms. The molecule has 1 aliphatic rings. The van der Waals surface area contributed by atoms with Crippen molar-refractivity contribution in [2.24, 2.45) is 0 Å². The number of rotatable bonds is 4. The number of nitrogens with one attached hydrogen (secondary N) is 1. The average Bonchev–Trinajstić information content (AvgIpc) is 2.68. The number of nitro benzene ring substituents is 1. The van der Waals surface area contributed by atoms with Gasteiger partial charge in [-0.2, -0.15) is 0 Å². The Morgan fingerprint density at radius 1 is 1.40 bits per heavy atom. The van der Waals surface area contributed by atoms with E-state index in [1.165, 1.54) is 19.2 Å². The number of ketones is 1. The van der Waals surface area contributed by atoms with Crippen molar-refractivity contribution in [1.82, 2.24) is 5.32 Å². The summed E-state index contributed by atoms with van der Waals surface area (Å²) in [6, 6.07) is 3.65. The lowest BCUT2D eigenvalue weighted by atomic mass is 10.1. The van der Waals surface area contributed by atoms with E-state index >= 15 is 0 Å². The van der Waals surface area contributed by atoms with Crippen molar-refractivity contribution in [2.75, 3.05) is 18.5 Å². The Labute approximate surface area is 113 Å². The predicted molar refractivity (Wildman–Crippen MR) is 68.5 cm³/mol. The van der Waals surface area contributed by atoms with Crippen LogP contribution in [0.15, 0.2) is 18.2 Å². The Morgan fingerprint density at radius 3 is 2.70 bits per heavy atom. The van der Waals surface area contributed by atoms with E-state index in [0.717, 1.165) is 11.0 Å². The standard InChI is InChI=1S/C12H11N3O5/c1-13-10(16)4-5-14-9-3-2-7(15(19)20)6-8(9)11(17)12(14)18/h2-3,6H,4-5H2,1H3,(H,13,16). The van der Waals surface area contributed by atoms with Gasteiger partial charge in [-0.15, -0.1) is 0 Å². The van der Waals surface area contributed by atoms with Crippen LogP contribution in [0, 0.1) is 10.1 Å². The second kappa shape index (κ2) is 5.08. The topological polar surface area (TPSA) is 110 Å². The summed E-state index contributed by atoms with van der Waals surface area (Å²) in [5.74, 6) is -1.83. The van der Waals surface area contributed by atoms with Crippen molar-refractivity contribution in [3.05, 3.63) is 33.9 Å². The highest BCUT2D eigenvalue weighted by molar-refractivity contribution is 6.52. The number of benzene rings is 1. The van der Waals surface area contributed by atoms with Gasteiger partial charge in [0.1, 0.15) is 0 Å². The van der Waals surface area contributed by atoms with E-state index in [2.05, 4.69) is 5.32 Å². The van der Waals surface area contributed by atoms with E-state index < -0.39 is 16.6 Å². The van der Waals surface area contributed by atoms with Gasteiger partial charge in [0.2, 0.25) is 5.91 Å². The molecule has 0 saturated heterocycles. The Hall–Kier alpha value is -2.77. The predicted octanol–water partition coefficient (Wildman–Crippen LogP) is 0.260. The molecule has 0 spiro atoms.